The van der Waals surface area contributed by atoms with Gasteiger partial charge in [0.05, 0.1) is 5.69 Å². The van der Waals surface area contributed by atoms with Gasteiger partial charge >= 0.3 is 0 Å². The van der Waals surface area contributed by atoms with Crippen LogP contribution in [0.3, 0.4) is 0 Å². The van der Waals surface area contributed by atoms with Crippen molar-refractivity contribution in [1.29, 1.82) is 5.26 Å². The van der Waals surface area contributed by atoms with Gasteiger partial charge < -0.3 is 15.0 Å². The highest BCUT2D eigenvalue weighted by molar-refractivity contribution is 7.89. The van der Waals surface area contributed by atoms with E-state index in [0.717, 1.165) is 23.0 Å². The summed E-state index contributed by atoms with van der Waals surface area (Å²) in [6.45, 7) is 1.28. The molecule has 8 nitrogen and oxygen atoms in total. The molecule has 0 amide bonds. The number of hydrogen-bond acceptors (Lipinski definition) is 6. The van der Waals surface area contributed by atoms with E-state index in [1.54, 1.807) is 0 Å². The van der Waals surface area contributed by atoms with Gasteiger partial charge in [0, 0.05) is 37.8 Å². The van der Waals surface area contributed by atoms with Crippen molar-refractivity contribution in [1.82, 2.24) is 14.3 Å². The van der Waals surface area contributed by atoms with Gasteiger partial charge in [-0.3, -0.25) is 0 Å². The van der Waals surface area contributed by atoms with Gasteiger partial charge in [-0.15, -0.1) is 0 Å². The Morgan fingerprint density at radius 1 is 1.33 bits per heavy atom. The minimum Gasteiger partial charge on any atom is -0.368 e. The molecule has 2 heterocycles. The number of halogens is 4. The fourth-order valence-corrected chi connectivity index (χ4v) is 5.01. The van der Waals surface area contributed by atoms with Crippen LogP contribution in [0.1, 0.15) is 37.4 Å². The molecule has 0 bridgehead atoms. The second kappa shape index (κ2) is 7.22. The van der Waals surface area contributed by atoms with Gasteiger partial charge in [-0.05, 0) is 13.0 Å². The van der Waals surface area contributed by atoms with Gasteiger partial charge in [-0.2, -0.15) is 5.26 Å². The molecule has 1 unspecified atom stereocenters. The summed E-state index contributed by atoms with van der Waals surface area (Å²) < 4.78 is 83.4. The fraction of sp³-hybridized carbons (Fsp3) is 0.412. The van der Waals surface area contributed by atoms with Crippen molar-refractivity contribution < 1.29 is 31.1 Å². The summed E-state index contributed by atoms with van der Waals surface area (Å²) in [7, 11) is -3.29. The second-order valence-corrected chi connectivity index (χ2v) is 9.01. The molecule has 1 saturated carbocycles. The predicted molar refractivity (Wildman–Crippen MR) is 95.8 cm³/mol. The first-order valence-corrected chi connectivity index (χ1v) is 10.0. The maximum atomic E-state index is 14.9. The van der Waals surface area contributed by atoms with E-state index < -0.39 is 68.5 Å². The molecule has 0 aliphatic heterocycles. The number of nitrogens with zero attached hydrogens (tertiary/aromatic N) is 3. The zero-order chi connectivity index (χ0) is 22.5. The Labute approximate surface area is 169 Å². The number of nitrogens with one attached hydrogen (secondary N) is 2. The number of sulfonamides is 1. The standard InChI is InChI=1S/C17H17F4N5O3S/c1-16(7-17(20,21)8-16)25-30(28,29)11-6-26(2)14(13(11)19)15(27)24-9-3-4-23-10(5-22)12(9)18/h3-4,6,15,25,27H,7-8H2,1-2H3,(H,23,24). The largest absolute Gasteiger partial charge is 0.368 e. The van der Waals surface area contributed by atoms with Crippen LogP contribution in [0, 0.1) is 23.0 Å². The van der Waals surface area contributed by atoms with Crippen molar-refractivity contribution in [2.75, 3.05) is 5.32 Å². The summed E-state index contributed by atoms with van der Waals surface area (Å²) in [5.41, 5.74) is -2.90. The van der Waals surface area contributed by atoms with Gasteiger partial charge in [-0.25, -0.2) is 35.7 Å². The number of alkyl halides is 2. The molecular formula is C17H17F4N5O3S. The van der Waals surface area contributed by atoms with E-state index in [9.17, 15) is 31.1 Å². The third-order valence-electron chi connectivity index (χ3n) is 4.65. The zero-order valence-electron chi connectivity index (χ0n) is 15.7. The highest BCUT2D eigenvalue weighted by Crippen LogP contribution is 2.46. The van der Waals surface area contributed by atoms with Crippen LogP contribution in [0.4, 0.5) is 23.2 Å². The maximum Gasteiger partial charge on any atom is 0.251 e. The van der Waals surface area contributed by atoms with Crippen LogP contribution in [0.2, 0.25) is 0 Å². The first-order valence-electron chi connectivity index (χ1n) is 8.54. The van der Waals surface area contributed by atoms with Crippen LogP contribution >= 0.6 is 0 Å². The van der Waals surface area contributed by atoms with Gasteiger partial charge in [0.25, 0.3) is 5.92 Å². The van der Waals surface area contributed by atoms with Gasteiger partial charge in [0.2, 0.25) is 10.0 Å². The van der Waals surface area contributed by atoms with E-state index in [2.05, 4.69) is 15.0 Å². The summed E-state index contributed by atoms with van der Waals surface area (Å²) in [6.07, 6.45) is -1.40. The molecule has 3 rings (SSSR count). The Balaban J connectivity index is 1.88. The first kappa shape index (κ1) is 22.0. The molecular weight excluding hydrogens is 430 g/mol. The van der Waals surface area contributed by atoms with Crippen molar-refractivity contribution in [2.24, 2.45) is 7.05 Å². The second-order valence-electron chi connectivity index (χ2n) is 7.36. The van der Waals surface area contributed by atoms with E-state index in [-0.39, 0.29) is 5.69 Å². The van der Waals surface area contributed by atoms with Crippen LogP contribution in [0.15, 0.2) is 23.4 Å². The molecule has 1 aliphatic carbocycles. The average Bonchev–Trinajstić information content (AvgIpc) is 2.89. The Kier molecular flexibility index (Phi) is 5.30. The highest BCUT2D eigenvalue weighted by Gasteiger charge is 2.55. The van der Waals surface area contributed by atoms with E-state index in [0.29, 0.717) is 0 Å². The molecule has 1 atom stereocenters. The molecule has 2 aromatic rings. The number of hydrogen-bond donors (Lipinski definition) is 3. The number of anilines is 1. The Hall–Kier alpha value is -2.69. The lowest BCUT2D eigenvalue weighted by Gasteiger charge is -2.44. The third kappa shape index (κ3) is 3.98. The fourth-order valence-electron chi connectivity index (χ4n) is 3.47. The number of aliphatic hydroxyl groups is 1. The number of pyridine rings is 1. The van der Waals surface area contributed by atoms with Crippen LogP contribution in [0.5, 0.6) is 0 Å². The minimum atomic E-state index is -4.53. The first-order chi connectivity index (χ1) is 13.8. The average molecular weight is 447 g/mol. The van der Waals surface area contributed by atoms with Crippen molar-refractivity contribution >= 4 is 15.7 Å². The quantitative estimate of drug-likeness (QED) is 0.461. The number of aromatic nitrogens is 2. The van der Waals surface area contributed by atoms with Crippen molar-refractivity contribution in [3.8, 4) is 6.07 Å². The van der Waals surface area contributed by atoms with Crippen molar-refractivity contribution in [3.63, 3.8) is 0 Å². The molecule has 0 radical (unpaired) electrons. The lowest BCUT2D eigenvalue weighted by atomic mass is 9.76. The summed E-state index contributed by atoms with van der Waals surface area (Å²) in [5.74, 6) is -5.43. The molecule has 3 N–H and O–H groups in total. The minimum absolute atomic E-state index is 0.360. The molecule has 1 fully saturated rings. The summed E-state index contributed by atoms with van der Waals surface area (Å²) in [5, 5.41) is 21.3. The monoisotopic (exact) mass is 447 g/mol. The normalized spacial score (nSPS) is 18.3. The molecule has 1 aliphatic rings. The van der Waals surface area contributed by atoms with Crippen LogP contribution < -0.4 is 10.0 Å². The number of aliphatic hydroxyl groups excluding tert-OH is 1. The Morgan fingerprint density at radius 2 is 1.97 bits per heavy atom. The predicted octanol–water partition coefficient (Wildman–Crippen LogP) is 2.14. The summed E-state index contributed by atoms with van der Waals surface area (Å²) in [6, 6.07) is 2.60. The van der Waals surface area contributed by atoms with Gasteiger partial charge in [-0.1, -0.05) is 0 Å². The Morgan fingerprint density at radius 3 is 2.53 bits per heavy atom. The zero-order valence-corrected chi connectivity index (χ0v) is 16.6. The van der Waals surface area contributed by atoms with E-state index in [4.69, 9.17) is 5.26 Å². The topological polar surface area (TPSA) is 120 Å². The van der Waals surface area contributed by atoms with Crippen LogP contribution in [0.25, 0.3) is 0 Å². The van der Waals surface area contributed by atoms with Crippen LogP contribution in [-0.2, 0) is 17.1 Å². The van der Waals surface area contributed by atoms with E-state index in [1.165, 1.54) is 20.0 Å². The van der Waals surface area contributed by atoms with E-state index in [1.807, 2.05) is 0 Å². The van der Waals surface area contributed by atoms with Crippen molar-refractivity contribution in [2.45, 2.75) is 42.4 Å². The highest BCUT2D eigenvalue weighted by atomic mass is 32.2. The molecule has 0 saturated heterocycles. The third-order valence-corrected chi connectivity index (χ3v) is 6.27. The van der Waals surface area contributed by atoms with Gasteiger partial charge in [0.15, 0.2) is 23.6 Å². The summed E-state index contributed by atoms with van der Waals surface area (Å²) in [4.78, 5) is 2.63. The number of rotatable bonds is 6. The van der Waals surface area contributed by atoms with Crippen molar-refractivity contribution in [3.05, 3.63) is 41.5 Å². The molecule has 162 valence electrons. The SMILES string of the molecule is Cn1cc(S(=O)(=O)NC2(C)CC(F)(F)C2)c(F)c1C(O)Nc1ccnc(C#N)c1F. The lowest BCUT2D eigenvalue weighted by molar-refractivity contribution is -0.121. The molecule has 13 heteroatoms. The number of nitriles is 1. The molecule has 0 spiro atoms. The molecule has 2 aromatic heterocycles. The molecule has 0 aromatic carbocycles. The smallest absolute Gasteiger partial charge is 0.251 e. The Bertz CT molecular complexity index is 1130. The van der Waals surface area contributed by atoms with E-state index >= 15 is 0 Å². The van der Waals surface area contributed by atoms with Gasteiger partial charge in [0.1, 0.15) is 16.7 Å². The number of aryl methyl sites for hydroxylation is 1. The van der Waals surface area contributed by atoms with Crippen LogP contribution in [-0.4, -0.2) is 34.5 Å². The maximum absolute atomic E-state index is 14.9. The molecule has 30 heavy (non-hydrogen) atoms. The summed E-state index contributed by atoms with van der Waals surface area (Å²) >= 11 is 0. The lowest BCUT2D eigenvalue weighted by Crippen LogP contribution is -2.60.